The molecule has 8 nitrogen and oxygen atoms in total. The second-order valence-electron chi connectivity index (χ2n) is 8.32. The van der Waals surface area contributed by atoms with Crippen LogP contribution >= 0.6 is 0 Å². The van der Waals surface area contributed by atoms with Gasteiger partial charge in [0.1, 0.15) is 5.75 Å². The number of amides is 3. The Kier molecular flexibility index (Phi) is 6.23. The lowest BCUT2D eigenvalue weighted by molar-refractivity contribution is 0.0656. The number of anilines is 1. The number of ether oxygens (including phenoxy) is 1. The number of rotatable bonds is 7. The zero-order valence-electron chi connectivity index (χ0n) is 19.5. The summed E-state index contributed by atoms with van der Waals surface area (Å²) in [4.78, 5) is 48.0. The summed E-state index contributed by atoms with van der Waals surface area (Å²) in [6.07, 6.45) is 3.73. The van der Waals surface area contributed by atoms with Crippen molar-refractivity contribution in [3.8, 4) is 11.8 Å². The molecular formula is C28H22N4O4. The van der Waals surface area contributed by atoms with E-state index in [0.29, 0.717) is 23.4 Å². The number of benzene rings is 3. The minimum atomic E-state index is -0.388. The fourth-order valence-corrected chi connectivity index (χ4v) is 4.00. The average molecular weight is 479 g/mol. The second kappa shape index (κ2) is 9.79. The molecule has 4 aromatic rings. The number of fused-ring (bicyclic) bond motifs is 1. The van der Waals surface area contributed by atoms with E-state index >= 15 is 0 Å². The summed E-state index contributed by atoms with van der Waals surface area (Å²) >= 11 is 0. The summed E-state index contributed by atoms with van der Waals surface area (Å²) in [7, 11) is 0. The summed E-state index contributed by atoms with van der Waals surface area (Å²) in [5.74, 6) is -0.578. The highest BCUT2D eigenvalue weighted by Crippen LogP contribution is 2.27. The fraction of sp³-hybridized carbons (Fsp3) is 0.107. The molecule has 1 aliphatic rings. The summed E-state index contributed by atoms with van der Waals surface area (Å²) in [5.41, 5.74) is 3.24. The molecule has 0 saturated carbocycles. The topological polar surface area (TPSA) is 101 Å². The number of hydrogen-bond acceptors (Lipinski definition) is 6. The third kappa shape index (κ3) is 4.69. The zero-order chi connectivity index (χ0) is 25.1. The minimum Gasteiger partial charge on any atom is -0.424 e. The van der Waals surface area contributed by atoms with Gasteiger partial charge in [-0.2, -0.15) is 0 Å². The number of hydrogen-bond donors (Lipinski definition) is 1. The van der Waals surface area contributed by atoms with Gasteiger partial charge in [0.05, 0.1) is 11.1 Å². The lowest BCUT2D eigenvalue weighted by atomic mass is 10.0. The highest BCUT2D eigenvalue weighted by atomic mass is 16.5. The van der Waals surface area contributed by atoms with Gasteiger partial charge in [-0.1, -0.05) is 30.3 Å². The van der Waals surface area contributed by atoms with Crippen LogP contribution in [-0.4, -0.2) is 39.1 Å². The van der Waals surface area contributed by atoms with Crippen molar-refractivity contribution in [3.63, 3.8) is 0 Å². The normalized spacial score (nSPS) is 12.4. The molecule has 0 unspecified atom stereocenters. The number of nitrogens with zero attached hydrogens (tertiary/aromatic N) is 3. The molecule has 36 heavy (non-hydrogen) atoms. The van der Waals surface area contributed by atoms with Gasteiger partial charge in [-0.05, 0) is 66.9 Å². The van der Waals surface area contributed by atoms with Gasteiger partial charge in [-0.15, -0.1) is 0 Å². The Hall–Kier alpha value is -4.85. The maximum atomic E-state index is 13.0. The van der Waals surface area contributed by atoms with E-state index in [4.69, 9.17) is 4.74 Å². The summed E-state index contributed by atoms with van der Waals surface area (Å²) in [5, 5.41) is 2.86. The van der Waals surface area contributed by atoms with Crippen LogP contribution in [-0.2, 0) is 6.42 Å². The van der Waals surface area contributed by atoms with Gasteiger partial charge in [0.25, 0.3) is 17.7 Å². The van der Waals surface area contributed by atoms with Crippen molar-refractivity contribution >= 4 is 23.4 Å². The molecule has 0 aliphatic carbocycles. The molecule has 8 heteroatoms. The van der Waals surface area contributed by atoms with Gasteiger partial charge in [-0.3, -0.25) is 19.3 Å². The largest absolute Gasteiger partial charge is 0.424 e. The lowest BCUT2D eigenvalue weighted by Gasteiger charge is -2.13. The van der Waals surface area contributed by atoms with E-state index in [1.165, 1.54) is 17.0 Å². The van der Waals surface area contributed by atoms with Crippen LogP contribution in [0, 0.1) is 6.92 Å². The van der Waals surface area contributed by atoms with E-state index in [2.05, 4.69) is 15.3 Å². The van der Waals surface area contributed by atoms with Crippen LogP contribution in [0.4, 0.5) is 5.69 Å². The van der Waals surface area contributed by atoms with Crippen molar-refractivity contribution < 1.29 is 19.1 Å². The summed E-state index contributed by atoms with van der Waals surface area (Å²) in [6, 6.07) is 21.4. The van der Waals surface area contributed by atoms with Crippen LogP contribution in [0.3, 0.4) is 0 Å². The first-order chi connectivity index (χ1) is 17.5. The maximum absolute atomic E-state index is 13.0. The number of nitrogens with one attached hydrogen (secondary N) is 1. The van der Waals surface area contributed by atoms with Gasteiger partial charge >= 0.3 is 6.01 Å². The highest BCUT2D eigenvalue weighted by Gasteiger charge is 2.35. The van der Waals surface area contributed by atoms with Crippen molar-refractivity contribution in [2.75, 3.05) is 11.9 Å². The van der Waals surface area contributed by atoms with E-state index in [0.717, 1.165) is 11.1 Å². The predicted molar refractivity (Wildman–Crippen MR) is 133 cm³/mol. The molecule has 3 amide bonds. The van der Waals surface area contributed by atoms with Crippen LogP contribution in [0.25, 0.3) is 0 Å². The first kappa shape index (κ1) is 22.9. The molecule has 0 spiro atoms. The van der Waals surface area contributed by atoms with E-state index in [1.54, 1.807) is 42.7 Å². The average Bonchev–Trinajstić information content (AvgIpc) is 3.14. The van der Waals surface area contributed by atoms with Crippen molar-refractivity contribution in [3.05, 3.63) is 113 Å². The first-order valence-electron chi connectivity index (χ1n) is 11.4. The number of aryl methyl sites for hydroxylation is 1. The molecule has 0 fully saturated rings. The number of aromatic nitrogens is 2. The van der Waals surface area contributed by atoms with E-state index in [1.807, 2.05) is 37.3 Å². The number of imide groups is 1. The number of carbonyl (C=O) groups is 3. The van der Waals surface area contributed by atoms with Crippen LogP contribution < -0.4 is 10.1 Å². The molecular weight excluding hydrogens is 456 g/mol. The lowest BCUT2D eigenvalue weighted by Crippen LogP contribution is -2.31. The fourth-order valence-electron chi connectivity index (χ4n) is 4.00. The Morgan fingerprint density at radius 3 is 2.39 bits per heavy atom. The molecule has 1 aromatic heterocycles. The third-order valence-corrected chi connectivity index (χ3v) is 5.90. The van der Waals surface area contributed by atoms with Crippen LogP contribution in [0.5, 0.6) is 11.8 Å². The Morgan fingerprint density at radius 2 is 1.64 bits per heavy atom. The maximum Gasteiger partial charge on any atom is 0.321 e. The molecule has 0 radical (unpaired) electrons. The molecule has 0 atom stereocenters. The Bertz CT molecular complexity index is 1460. The van der Waals surface area contributed by atoms with Crippen molar-refractivity contribution in [1.82, 2.24) is 14.9 Å². The molecule has 3 aromatic carbocycles. The quantitative estimate of drug-likeness (QED) is 0.388. The third-order valence-electron chi connectivity index (χ3n) is 5.90. The van der Waals surface area contributed by atoms with Crippen LogP contribution in [0.15, 0.2) is 85.2 Å². The van der Waals surface area contributed by atoms with Gasteiger partial charge in [0, 0.05) is 30.2 Å². The van der Waals surface area contributed by atoms with Crippen molar-refractivity contribution in [2.24, 2.45) is 0 Å². The Labute approximate surface area is 207 Å². The van der Waals surface area contributed by atoms with E-state index < -0.39 is 0 Å². The van der Waals surface area contributed by atoms with Gasteiger partial charge < -0.3 is 10.1 Å². The number of carbonyl (C=O) groups excluding carboxylic acids is 3. The monoisotopic (exact) mass is 478 g/mol. The first-order valence-corrected chi connectivity index (χ1v) is 11.4. The molecule has 1 aliphatic heterocycles. The molecule has 0 bridgehead atoms. The van der Waals surface area contributed by atoms with Gasteiger partial charge in [-0.25, -0.2) is 9.97 Å². The zero-order valence-corrected chi connectivity index (χ0v) is 19.5. The SMILES string of the molecule is Cc1cc(Oc2ncccn2)ccc1NC(=O)c1ccc2c(c1)C(=O)N(CCc1ccccc1)C2=O. The van der Waals surface area contributed by atoms with Crippen LogP contribution in [0.2, 0.25) is 0 Å². The van der Waals surface area contributed by atoms with Crippen molar-refractivity contribution in [1.29, 1.82) is 0 Å². The van der Waals surface area contributed by atoms with Gasteiger partial charge in [0.15, 0.2) is 0 Å². The molecule has 5 rings (SSSR count). The minimum absolute atomic E-state index is 0.226. The molecule has 1 N–H and O–H groups in total. The highest BCUT2D eigenvalue weighted by molar-refractivity contribution is 6.22. The molecule has 0 saturated heterocycles. The predicted octanol–water partition coefficient (Wildman–Crippen LogP) is 4.67. The van der Waals surface area contributed by atoms with Crippen LogP contribution in [0.1, 0.15) is 42.2 Å². The van der Waals surface area contributed by atoms with E-state index in [-0.39, 0.29) is 41.4 Å². The van der Waals surface area contributed by atoms with E-state index in [9.17, 15) is 14.4 Å². The summed E-state index contributed by atoms with van der Waals surface area (Å²) in [6.45, 7) is 2.11. The Morgan fingerprint density at radius 1 is 0.889 bits per heavy atom. The van der Waals surface area contributed by atoms with Gasteiger partial charge in [0.2, 0.25) is 0 Å². The van der Waals surface area contributed by atoms with Crippen molar-refractivity contribution in [2.45, 2.75) is 13.3 Å². The molecule has 2 heterocycles. The smallest absolute Gasteiger partial charge is 0.321 e. The molecule has 178 valence electrons. The Balaban J connectivity index is 1.28. The second-order valence-corrected chi connectivity index (χ2v) is 8.32. The standard InChI is InChI=1S/C28H22N4O4/c1-18-16-21(36-28-29-13-5-14-30-28)9-11-24(18)31-25(33)20-8-10-22-23(17-20)27(35)32(26(22)34)15-12-19-6-3-2-4-7-19/h2-11,13-14,16-17H,12,15H2,1H3,(H,31,33). The summed E-state index contributed by atoms with van der Waals surface area (Å²) < 4.78 is 5.63.